The summed E-state index contributed by atoms with van der Waals surface area (Å²) in [6, 6.07) is 0. The number of ether oxygens (including phenoxy) is 1. The zero-order valence-corrected chi connectivity index (χ0v) is 5.88. The third kappa shape index (κ3) is 1.74. The maximum Gasteiger partial charge on any atom is 0.278 e. The van der Waals surface area contributed by atoms with E-state index in [1.807, 2.05) is 0 Å². The van der Waals surface area contributed by atoms with E-state index in [2.05, 4.69) is 0 Å². The van der Waals surface area contributed by atoms with Crippen molar-refractivity contribution in [2.24, 2.45) is 11.0 Å². The molecule has 0 aromatic heterocycles. The molecule has 5 nitrogen and oxygen atoms in total. The van der Waals surface area contributed by atoms with Gasteiger partial charge in [0.15, 0.2) is 0 Å². The Balaban J connectivity index is 2.52. The molecule has 0 aromatic rings. The highest BCUT2D eigenvalue weighted by Gasteiger charge is 2.24. The van der Waals surface area contributed by atoms with E-state index in [4.69, 9.17) is 15.7 Å². The Kier molecular flexibility index (Phi) is 1.88. The average Bonchev–Trinajstić information content (AvgIpc) is 2.08. The summed E-state index contributed by atoms with van der Waals surface area (Å²) < 4.78 is 17.1. The summed E-state index contributed by atoms with van der Waals surface area (Å²) in [6.07, 6.45) is 0. The molecule has 0 unspecified atom stereocenters. The van der Waals surface area contributed by atoms with Crippen LogP contribution in [0, 0.1) is 0 Å². The molecule has 9 heavy (non-hydrogen) atoms. The first kappa shape index (κ1) is 7.18. The minimum absolute atomic E-state index is 0.296. The highest BCUT2D eigenvalue weighted by molar-refractivity contribution is 7.56. The molecule has 0 atom stereocenters. The van der Waals surface area contributed by atoms with Gasteiger partial charge in [0.05, 0.1) is 6.61 Å². The van der Waals surface area contributed by atoms with Gasteiger partial charge in [-0.1, -0.05) is 0 Å². The molecule has 1 aliphatic rings. The van der Waals surface area contributed by atoms with E-state index >= 15 is 0 Å². The second-order valence-electron chi connectivity index (χ2n) is 1.94. The lowest BCUT2D eigenvalue weighted by Gasteiger charge is -2.16. The predicted octanol–water partition coefficient (Wildman–Crippen LogP) is -0.698. The van der Waals surface area contributed by atoms with Gasteiger partial charge >= 0.3 is 0 Å². The fourth-order valence-electron chi connectivity index (χ4n) is 0.651. The second kappa shape index (κ2) is 2.36. The van der Waals surface area contributed by atoms with Gasteiger partial charge in [-0.05, 0) is 0 Å². The van der Waals surface area contributed by atoms with Gasteiger partial charge < -0.3 is 4.74 Å². The smallest absolute Gasteiger partial charge is 0.278 e. The summed E-state index contributed by atoms with van der Waals surface area (Å²) in [6.45, 7) is 1.44. The third-order valence-electron chi connectivity index (χ3n) is 1.18. The lowest BCUT2D eigenvalue weighted by Crippen LogP contribution is -2.26. The number of nitrogens with zero attached hydrogens (tertiary/aromatic N) is 1. The van der Waals surface area contributed by atoms with Crippen LogP contribution in [0.4, 0.5) is 0 Å². The molecule has 4 N–H and O–H groups in total. The number of nitrogens with two attached hydrogens (primary N) is 2. The molecule has 0 amide bonds. The van der Waals surface area contributed by atoms with Crippen molar-refractivity contribution >= 4 is 7.59 Å². The Morgan fingerprint density at radius 2 is 2.22 bits per heavy atom. The standard InChI is InChI=1S/C3H10N3O2P/c4-9(5,7)6-1-2-8-3-6/h1-3H2,(H4,4,5,7). The monoisotopic (exact) mass is 151 g/mol. The Hall–Kier alpha value is 0.0700. The van der Waals surface area contributed by atoms with Crippen LogP contribution in [0.3, 0.4) is 0 Å². The molecule has 0 radical (unpaired) electrons. The molecule has 0 aliphatic carbocycles. The van der Waals surface area contributed by atoms with Crippen molar-refractivity contribution in [1.29, 1.82) is 0 Å². The number of hydrogen-bond donors (Lipinski definition) is 2. The van der Waals surface area contributed by atoms with Crippen molar-refractivity contribution in [2.45, 2.75) is 0 Å². The zero-order chi connectivity index (χ0) is 6.91. The Morgan fingerprint density at radius 1 is 1.56 bits per heavy atom. The topological polar surface area (TPSA) is 81.6 Å². The molecule has 1 fully saturated rings. The van der Waals surface area contributed by atoms with Crippen LogP contribution in [0.25, 0.3) is 0 Å². The Morgan fingerprint density at radius 3 is 2.44 bits per heavy atom. The highest BCUT2D eigenvalue weighted by atomic mass is 31.2. The summed E-state index contributed by atoms with van der Waals surface area (Å²) in [7, 11) is -3.01. The van der Waals surface area contributed by atoms with E-state index in [0.29, 0.717) is 19.9 Å². The summed E-state index contributed by atoms with van der Waals surface area (Å²) in [4.78, 5) is 0. The molecule has 54 valence electrons. The van der Waals surface area contributed by atoms with E-state index in [9.17, 15) is 4.57 Å². The predicted molar refractivity (Wildman–Crippen MR) is 33.5 cm³/mol. The molecule has 0 bridgehead atoms. The van der Waals surface area contributed by atoms with E-state index in [1.165, 1.54) is 4.67 Å². The van der Waals surface area contributed by atoms with Gasteiger partial charge in [-0.15, -0.1) is 0 Å². The largest absolute Gasteiger partial charge is 0.364 e. The van der Waals surface area contributed by atoms with E-state index in [1.54, 1.807) is 0 Å². The minimum Gasteiger partial charge on any atom is -0.364 e. The molecular formula is C3H10N3O2P. The van der Waals surface area contributed by atoms with Gasteiger partial charge in [0, 0.05) is 6.54 Å². The molecule has 0 aromatic carbocycles. The quantitative estimate of drug-likeness (QED) is 0.484. The summed E-state index contributed by atoms with van der Waals surface area (Å²) in [5.41, 5.74) is 10.2. The van der Waals surface area contributed by atoms with Gasteiger partial charge in [-0.2, -0.15) is 0 Å². The van der Waals surface area contributed by atoms with Gasteiger partial charge in [0.2, 0.25) is 0 Å². The van der Waals surface area contributed by atoms with E-state index < -0.39 is 7.59 Å². The van der Waals surface area contributed by atoms with Crippen LogP contribution in [0.15, 0.2) is 0 Å². The summed E-state index contributed by atoms with van der Waals surface area (Å²) in [5, 5.41) is 0. The first-order chi connectivity index (χ1) is 4.11. The highest BCUT2D eigenvalue weighted by Crippen LogP contribution is 2.32. The van der Waals surface area contributed by atoms with Crippen molar-refractivity contribution in [3.63, 3.8) is 0 Å². The van der Waals surface area contributed by atoms with Crippen molar-refractivity contribution in [3.8, 4) is 0 Å². The van der Waals surface area contributed by atoms with Crippen LogP contribution < -0.4 is 11.0 Å². The van der Waals surface area contributed by atoms with Crippen LogP contribution in [-0.2, 0) is 9.30 Å². The SMILES string of the molecule is NP(N)(=O)N1CCOC1. The van der Waals surface area contributed by atoms with Crippen LogP contribution in [0.5, 0.6) is 0 Å². The first-order valence-electron chi connectivity index (χ1n) is 2.61. The molecule has 0 spiro atoms. The Bertz CT molecular complexity index is 138. The maximum absolute atomic E-state index is 10.8. The third-order valence-corrected chi connectivity index (χ3v) is 2.38. The minimum atomic E-state index is -3.01. The lowest BCUT2D eigenvalue weighted by atomic mass is 10.7. The van der Waals surface area contributed by atoms with Crippen LogP contribution in [-0.4, -0.2) is 24.6 Å². The molecule has 1 aliphatic heterocycles. The van der Waals surface area contributed by atoms with Gasteiger partial charge in [-0.3, -0.25) is 15.6 Å². The van der Waals surface area contributed by atoms with Gasteiger partial charge in [-0.25, -0.2) is 4.67 Å². The lowest BCUT2D eigenvalue weighted by molar-refractivity contribution is 0.171. The van der Waals surface area contributed by atoms with Crippen LogP contribution in [0.2, 0.25) is 0 Å². The Labute approximate surface area is 53.5 Å². The molecule has 0 saturated carbocycles. The van der Waals surface area contributed by atoms with Gasteiger partial charge in [0.25, 0.3) is 7.59 Å². The van der Waals surface area contributed by atoms with Crippen molar-refractivity contribution in [2.75, 3.05) is 19.9 Å². The molecule has 1 rings (SSSR count). The molecular weight excluding hydrogens is 141 g/mol. The van der Waals surface area contributed by atoms with Crippen molar-refractivity contribution in [3.05, 3.63) is 0 Å². The fraction of sp³-hybridized carbons (Fsp3) is 1.00. The maximum atomic E-state index is 10.8. The normalized spacial score (nSPS) is 22.9. The van der Waals surface area contributed by atoms with Crippen molar-refractivity contribution < 1.29 is 9.30 Å². The second-order valence-corrected chi connectivity index (χ2v) is 3.85. The summed E-state index contributed by atoms with van der Waals surface area (Å²) in [5.74, 6) is 0. The average molecular weight is 151 g/mol. The number of rotatable bonds is 1. The van der Waals surface area contributed by atoms with Gasteiger partial charge in [0.1, 0.15) is 6.73 Å². The van der Waals surface area contributed by atoms with E-state index in [-0.39, 0.29) is 0 Å². The number of hydrogen-bond acceptors (Lipinski definition) is 2. The van der Waals surface area contributed by atoms with Crippen molar-refractivity contribution in [1.82, 2.24) is 4.67 Å². The zero-order valence-electron chi connectivity index (χ0n) is 4.99. The summed E-state index contributed by atoms with van der Waals surface area (Å²) >= 11 is 0. The molecule has 6 heteroatoms. The van der Waals surface area contributed by atoms with E-state index in [0.717, 1.165) is 0 Å². The van der Waals surface area contributed by atoms with Crippen LogP contribution >= 0.6 is 7.59 Å². The molecule has 1 saturated heterocycles. The molecule has 1 heterocycles. The fourth-order valence-corrected chi connectivity index (χ4v) is 1.31. The first-order valence-corrected chi connectivity index (χ1v) is 4.41. The van der Waals surface area contributed by atoms with Crippen LogP contribution in [0.1, 0.15) is 0 Å².